The van der Waals surface area contributed by atoms with Gasteiger partial charge in [0.05, 0.1) is 0 Å². The Balaban J connectivity index is 2.22. The molecule has 3 atom stereocenters. The zero-order chi connectivity index (χ0) is 21.1. The minimum atomic E-state index is 0.184. The third-order valence-corrected chi connectivity index (χ3v) is 7.67. The van der Waals surface area contributed by atoms with Crippen LogP contribution in [-0.4, -0.2) is 0 Å². The molecule has 0 heteroatoms. The first kappa shape index (κ1) is 21.4. The van der Waals surface area contributed by atoms with Gasteiger partial charge in [-0.25, -0.2) is 0 Å². The average Bonchev–Trinajstić information content (AvgIpc) is 2.82. The summed E-state index contributed by atoms with van der Waals surface area (Å²) in [6, 6.07) is 7.42. The predicted octanol–water partition coefficient (Wildman–Crippen LogP) is 8.32. The minimum absolute atomic E-state index is 0.184. The van der Waals surface area contributed by atoms with E-state index < -0.39 is 0 Å². The van der Waals surface area contributed by atoms with Crippen molar-refractivity contribution in [3.8, 4) is 0 Å². The van der Waals surface area contributed by atoms with Crippen LogP contribution in [-0.2, 0) is 10.8 Å². The first-order valence-corrected chi connectivity index (χ1v) is 11.3. The predicted molar refractivity (Wildman–Crippen MR) is 124 cm³/mol. The molecule has 1 aromatic carbocycles. The molecule has 0 bridgehead atoms. The molecule has 0 radical (unpaired) electrons. The van der Waals surface area contributed by atoms with Crippen LogP contribution in [0.4, 0.5) is 0 Å². The summed E-state index contributed by atoms with van der Waals surface area (Å²) in [5, 5.41) is 0. The van der Waals surface area contributed by atoms with Crippen LogP contribution in [0.5, 0.6) is 0 Å². The van der Waals surface area contributed by atoms with Gasteiger partial charge in [-0.3, -0.25) is 0 Å². The molecule has 28 heavy (non-hydrogen) atoms. The van der Waals surface area contributed by atoms with Gasteiger partial charge in [0.25, 0.3) is 0 Å². The second kappa shape index (κ2) is 6.89. The number of hydrogen-bond acceptors (Lipinski definition) is 0. The lowest BCUT2D eigenvalue weighted by Gasteiger charge is -2.42. The van der Waals surface area contributed by atoms with E-state index in [2.05, 4.69) is 99.6 Å². The van der Waals surface area contributed by atoms with Gasteiger partial charge in [-0.2, -0.15) is 0 Å². The Morgan fingerprint density at radius 2 is 1.71 bits per heavy atom. The Kier molecular flexibility index (Phi) is 5.27. The highest BCUT2D eigenvalue weighted by Gasteiger charge is 2.51. The summed E-state index contributed by atoms with van der Waals surface area (Å²) in [5.74, 6) is 1.85. The van der Waals surface area contributed by atoms with Crippen molar-refractivity contribution >= 4 is 0 Å². The highest BCUT2D eigenvalue weighted by atomic mass is 14.5. The fraction of sp³-hybridized carbons (Fsp3) is 0.643. The van der Waals surface area contributed by atoms with E-state index in [0.29, 0.717) is 17.8 Å². The van der Waals surface area contributed by atoms with E-state index in [-0.39, 0.29) is 16.2 Å². The standard InChI is InChI=1S/C28H42/c1-11-18(12-2)22-15-20(27(6,7)8)17-24-25(22)21-14-13-19(26(3,4)5)16-23(21)28(24,9)10/h11,13-14,16-17,22,24-25H,12,15H2,1-10H3. The quantitative estimate of drug-likeness (QED) is 0.454. The number of benzene rings is 1. The second-order valence-corrected chi connectivity index (χ2v) is 11.8. The summed E-state index contributed by atoms with van der Waals surface area (Å²) in [4.78, 5) is 0. The topological polar surface area (TPSA) is 0 Å². The van der Waals surface area contributed by atoms with Crippen LogP contribution < -0.4 is 0 Å². The fourth-order valence-corrected chi connectivity index (χ4v) is 5.72. The van der Waals surface area contributed by atoms with Gasteiger partial charge in [0.2, 0.25) is 0 Å². The van der Waals surface area contributed by atoms with Gasteiger partial charge in [0.1, 0.15) is 0 Å². The molecule has 0 saturated carbocycles. The molecule has 0 spiro atoms. The zero-order valence-electron chi connectivity index (χ0n) is 20.0. The maximum Gasteiger partial charge on any atom is -0.00190 e. The molecule has 1 aromatic rings. The van der Waals surface area contributed by atoms with E-state index in [9.17, 15) is 0 Å². The van der Waals surface area contributed by atoms with Gasteiger partial charge >= 0.3 is 0 Å². The van der Waals surface area contributed by atoms with Crippen LogP contribution in [0.1, 0.15) is 105 Å². The summed E-state index contributed by atoms with van der Waals surface area (Å²) in [6.07, 6.45) is 7.47. The highest BCUT2D eigenvalue weighted by Crippen LogP contribution is 2.60. The maximum atomic E-state index is 2.68. The average molecular weight is 379 g/mol. The van der Waals surface area contributed by atoms with Crippen molar-refractivity contribution in [1.29, 1.82) is 0 Å². The summed E-state index contributed by atoms with van der Waals surface area (Å²) >= 11 is 0. The van der Waals surface area contributed by atoms with Crippen LogP contribution in [0.3, 0.4) is 0 Å². The van der Waals surface area contributed by atoms with Gasteiger partial charge in [0, 0.05) is 0 Å². The van der Waals surface area contributed by atoms with Crippen molar-refractivity contribution in [3.63, 3.8) is 0 Å². The first-order chi connectivity index (χ1) is 12.8. The normalized spacial score (nSPS) is 27.3. The van der Waals surface area contributed by atoms with Crippen LogP contribution >= 0.6 is 0 Å². The molecule has 2 aliphatic carbocycles. The van der Waals surface area contributed by atoms with Gasteiger partial charge in [-0.15, -0.1) is 0 Å². The van der Waals surface area contributed by atoms with Crippen LogP contribution in [0, 0.1) is 17.3 Å². The molecule has 3 unspecified atom stereocenters. The van der Waals surface area contributed by atoms with Gasteiger partial charge < -0.3 is 0 Å². The Morgan fingerprint density at radius 3 is 2.21 bits per heavy atom. The van der Waals surface area contributed by atoms with Crippen molar-refractivity contribution in [2.24, 2.45) is 17.3 Å². The Hall–Kier alpha value is -1.30. The third kappa shape index (κ3) is 3.42. The number of allylic oxidation sites excluding steroid dienone is 4. The molecule has 154 valence electrons. The highest BCUT2D eigenvalue weighted by molar-refractivity contribution is 5.51. The van der Waals surface area contributed by atoms with Gasteiger partial charge in [-0.1, -0.05) is 104 Å². The summed E-state index contributed by atoms with van der Waals surface area (Å²) in [6.45, 7) is 23.7. The maximum absolute atomic E-state index is 2.68. The largest absolute Gasteiger partial charge is 0.0882 e. The number of hydrogen-bond donors (Lipinski definition) is 0. The van der Waals surface area contributed by atoms with Crippen LogP contribution in [0.2, 0.25) is 0 Å². The molecule has 3 rings (SSSR count). The number of fused-ring (bicyclic) bond motifs is 3. The van der Waals surface area contributed by atoms with Gasteiger partial charge in [-0.05, 0) is 70.5 Å². The molecule has 0 saturated heterocycles. The number of rotatable bonds is 2. The van der Waals surface area contributed by atoms with Crippen LogP contribution in [0.15, 0.2) is 41.5 Å². The van der Waals surface area contributed by atoms with Gasteiger partial charge in [0.15, 0.2) is 0 Å². The Labute approximate surface area is 174 Å². The molecule has 0 aliphatic heterocycles. The molecular formula is C28H42. The summed E-state index contributed by atoms with van der Waals surface area (Å²) in [5.41, 5.74) is 8.61. The minimum Gasteiger partial charge on any atom is -0.0882 e. The third-order valence-electron chi connectivity index (χ3n) is 7.67. The molecule has 0 nitrogen and oxygen atoms in total. The molecule has 0 aromatic heterocycles. The Morgan fingerprint density at radius 1 is 1.07 bits per heavy atom. The summed E-state index contributed by atoms with van der Waals surface area (Å²) < 4.78 is 0. The fourth-order valence-electron chi connectivity index (χ4n) is 5.72. The lowest BCUT2D eigenvalue weighted by molar-refractivity contribution is 0.274. The second-order valence-electron chi connectivity index (χ2n) is 11.8. The van der Waals surface area contributed by atoms with E-state index in [1.54, 1.807) is 22.3 Å². The smallest absolute Gasteiger partial charge is 0.00190 e. The van der Waals surface area contributed by atoms with E-state index >= 15 is 0 Å². The van der Waals surface area contributed by atoms with Crippen molar-refractivity contribution in [2.75, 3.05) is 0 Å². The molecule has 0 fully saturated rings. The molecule has 2 aliphatic rings. The van der Waals surface area contributed by atoms with E-state index in [1.165, 1.54) is 12.0 Å². The SMILES string of the molecule is CC=C(CC)C1CC(C(C)(C)C)=CC2C1c1ccc(C(C)(C)C)cc1C2(C)C. The van der Waals surface area contributed by atoms with Crippen LogP contribution in [0.25, 0.3) is 0 Å². The summed E-state index contributed by atoms with van der Waals surface area (Å²) in [7, 11) is 0. The van der Waals surface area contributed by atoms with Crippen molar-refractivity contribution in [1.82, 2.24) is 0 Å². The van der Waals surface area contributed by atoms with E-state index in [4.69, 9.17) is 0 Å². The van der Waals surface area contributed by atoms with Crippen molar-refractivity contribution in [2.45, 2.75) is 98.8 Å². The Bertz CT molecular complexity index is 801. The lowest BCUT2D eigenvalue weighted by atomic mass is 9.62. The van der Waals surface area contributed by atoms with E-state index in [1.807, 2.05) is 0 Å². The monoisotopic (exact) mass is 378 g/mol. The van der Waals surface area contributed by atoms with E-state index in [0.717, 1.165) is 6.42 Å². The zero-order valence-corrected chi connectivity index (χ0v) is 20.0. The first-order valence-electron chi connectivity index (χ1n) is 11.3. The molecule has 0 heterocycles. The lowest BCUT2D eigenvalue weighted by Crippen LogP contribution is -2.33. The van der Waals surface area contributed by atoms with Crippen molar-refractivity contribution in [3.05, 3.63) is 58.2 Å². The molecular weight excluding hydrogens is 336 g/mol. The molecule has 0 amide bonds. The van der Waals surface area contributed by atoms with Crippen molar-refractivity contribution < 1.29 is 0 Å². The molecule has 0 N–H and O–H groups in total.